The molecule has 1 rings (SSSR count). The molecule has 0 spiro atoms. The van der Waals surface area contributed by atoms with Gasteiger partial charge in [0.1, 0.15) is 0 Å². The van der Waals surface area contributed by atoms with Crippen molar-refractivity contribution < 1.29 is 31.9 Å². The number of carboxylic acid groups (broad SMARTS) is 1. The number of carboxylic acids is 1. The van der Waals surface area contributed by atoms with E-state index in [2.05, 4.69) is 0 Å². The zero-order valence-corrected chi connectivity index (χ0v) is 8.76. The molecule has 0 radical (unpaired) electrons. The molecule has 100 valence electrons. The van der Waals surface area contributed by atoms with Gasteiger partial charge in [0, 0.05) is 6.42 Å². The van der Waals surface area contributed by atoms with E-state index >= 15 is 0 Å². The zero-order valence-electron chi connectivity index (χ0n) is 8.76. The van der Waals surface area contributed by atoms with Gasteiger partial charge in [-0.1, -0.05) is 6.07 Å². The maximum Gasteiger partial charge on any atom is 0.417 e. The summed E-state index contributed by atoms with van der Waals surface area (Å²) in [4.78, 5) is 10.6. The Kier molecular flexibility index (Phi) is 3.61. The van der Waals surface area contributed by atoms with Gasteiger partial charge in [-0.3, -0.25) is 0 Å². The summed E-state index contributed by atoms with van der Waals surface area (Å²) in [6, 6.07) is 1.92. The fourth-order valence-electron chi connectivity index (χ4n) is 1.27. The van der Waals surface area contributed by atoms with Gasteiger partial charge in [-0.25, -0.2) is 13.6 Å². The Morgan fingerprint density at radius 1 is 1.22 bits per heavy atom. The molecule has 3 N–H and O–H groups in total. The Balaban J connectivity index is 3.12. The van der Waals surface area contributed by atoms with Crippen LogP contribution in [0.4, 0.5) is 22.0 Å². The lowest BCUT2D eigenvalue weighted by Gasteiger charge is -2.27. The van der Waals surface area contributed by atoms with Gasteiger partial charge in [-0.2, -0.15) is 13.2 Å². The second-order valence-electron chi connectivity index (χ2n) is 3.70. The molecule has 0 aromatic heterocycles. The first kappa shape index (κ1) is 14.4. The third-order valence-electron chi connectivity index (χ3n) is 2.35. The SMILES string of the molecule is NC(Cc1ccc(F)c(F)c1)(C(=O)O)C(F)(F)F. The van der Waals surface area contributed by atoms with Gasteiger partial charge in [0.25, 0.3) is 0 Å². The predicted molar refractivity (Wildman–Crippen MR) is 50.7 cm³/mol. The number of aliphatic carboxylic acids is 1. The highest BCUT2D eigenvalue weighted by atomic mass is 19.4. The molecule has 0 aliphatic rings. The Bertz CT molecular complexity index is 474. The minimum Gasteiger partial charge on any atom is -0.480 e. The first-order valence-electron chi connectivity index (χ1n) is 4.61. The first-order chi connectivity index (χ1) is 8.08. The van der Waals surface area contributed by atoms with E-state index in [0.29, 0.717) is 12.1 Å². The smallest absolute Gasteiger partial charge is 0.417 e. The van der Waals surface area contributed by atoms with Gasteiger partial charge in [-0.05, 0) is 17.7 Å². The minimum absolute atomic E-state index is 0.365. The standard InChI is InChI=1S/C10H8F5NO2/c11-6-2-1-5(3-7(6)12)4-9(16,8(17)18)10(13,14)15/h1-3H,4,16H2,(H,17,18). The summed E-state index contributed by atoms with van der Waals surface area (Å²) in [6.07, 6.45) is -6.41. The van der Waals surface area contributed by atoms with Crippen LogP contribution < -0.4 is 5.73 Å². The molecule has 0 saturated carbocycles. The van der Waals surface area contributed by atoms with Crippen LogP contribution in [0.1, 0.15) is 5.56 Å². The van der Waals surface area contributed by atoms with E-state index < -0.39 is 35.7 Å². The average molecular weight is 269 g/mol. The van der Waals surface area contributed by atoms with Crippen molar-refractivity contribution >= 4 is 5.97 Å². The third kappa shape index (κ3) is 2.58. The number of nitrogens with two attached hydrogens (primary N) is 1. The third-order valence-corrected chi connectivity index (χ3v) is 2.35. The van der Waals surface area contributed by atoms with Crippen LogP contribution in [0, 0.1) is 11.6 Å². The monoisotopic (exact) mass is 269 g/mol. The van der Waals surface area contributed by atoms with Crippen molar-refractivity contribution in [2.45, 2.75) is 18.1 Å². The molecule has 18 heavy (non-hydrogen) atoms. The molecule has 0 saturated heterocycles. The summed E-state index contributed by atoms with van der Waals surface area (Å²) in [5.41, 5.74) is 0.888. The number of hydrogen-bond donors (Lipinski definition) is 2. The van der Waals surface area contributed by atoms with Crippen LogP contribution in [0.5, 0.6) is 0 Å². The number of benzene rings is 1. The largest absolute Gasteiger partial charge is 0.480 e. The van der Waals surface area contributed by atoms with Crippen molar-refractivity contribution in [2.75, 3.05) is 0 Å². The van der Waals surface area contributed by atoms with Crippen molar-refractivity contribution in [3.05, 3.63) is 35.4 Å². The fourth-order valence-corrected chi connectivity index (χ4v) is 1.27. The Morgan fingerprint density at radius 3 is 2.17 bits per heavy atom. The maximum absolute atomic E-state index is 12.8. The van der Waals surface area contributed by atoms with Crippen LogP contribution in [-0.2, 0) is 11.2 Å². The summed E-state index contributed by atoms with van der Waals surface area (Å²) >= 11 is 0. The van der Waals surface area contributed by atoms with Crippen molar-refractivity contribution in [3.8, 4) is 0 Å². The van der Waals surface area contributed by atoms with E-state index in [9.17, 15) is 26.7 Å². The molecule has 0 fully saturated rings. The first-order valence-corrected chi connectivity index (χ1v) is 4.61. The van der Waals surface area contributed by atoms with Crippen LogP contribution in [0.3, 0.4) is 0 Å². The fraction of sp³-hybridized carbons (Fsp3) is 0.300. The summed E-state index contributed by atoms with van der Waals surface area (Å²) < 4.78 is 63.0. The lowest BCUT2D eigenvalue weighted by molar-refractivity contribution is -0.201. The lowest BCUT2D eigenvalue weighted by Crippen LogP contribution is -2.61. The molecule has 8 heteroatoms. The summed E-state index contributed by atoms with van der Waals surface area (Å²) in [5.74, 6) is -4.91. The van der Waals surface area contributed by atoms with Gasteiger partial charge in [0.2, 0.25) is 5.54 Å². The highest BCUT2D eigenvalue weighted by Crippen LogP contribution is 2.31. The summed E-state index contributed by atoms with van der Waals surface area (Å²) in [7, 11) is 0. The van der Waals surface area contributed by atoms with Crippen molar-refractivity contribution in [3.63, 3.8) is 0 Å². The number of rotatable bonds is 3. The molecular weight excluding hydrogens is 261 g/mol. The molecule has 0 amide bonds. The Morgan fingerprint density at radius 2 is 1.78 bits per heavy atom. The van der Waals surface area contributed by atoms with E-state index in [-0.39, 0.29) is 5.56 Å². The van der Waals surface area contributed by atoms with Crippen LogP contribution >= 0.6 is 0 Å². The predicted octanol–water partition coefficient (Wildman–Crippen LogP) is 1.85. The number of halogens is 5. The van der Waals surface area contributed by atoms with Crippen molar-refractivity contribution in [2.24, 2.45) is 5.73 Å². The quantitative estimate of drug-likeness (QED) is 0.823. The van der Waals surface area contributed by atoms with Crippen LogP contribution in [0.25, 0.3) is 0 Å². The number of alkyl halides is 3. The molecule has 1 aromatic rings. The van der Waals surface area contributed by atoms with Crippen LogP contribution in [0.15, 0.2) is 18.2 Å². The highest BCUT2D eigenvalue weighted by molar-refractivity contribution is 5.80. The van der Waals surface area contributed by atoms with Crippen LogP contribution in [-0.4, -0.2) is 22.8 Å². The molecule has 1 atom stereocenters. The van der Waals surface area contributed by atoms with Gasteiger partial charge >= 0.3 is 12.1 Å². The molecule has 0 aliphatic carbocycles. The molecular formula is C10H8F5NO2. The average Bonchev–Trinajstić information content (AvgIpc) is 2.21. The molecule has 1 aromatic carbocycles. The van der Waals surface area contributed by atoms with Crippen LogP contribution in [0.2, 0.25) is 0 Å². The van der Waals surface area contributed by atoms with E-state index in [1.807, 2.05) is 0 Å². The summed E-state index contributed by atoms with van der Waals surface area (Å²) in [6.45, 7) is 0. The van der Waals surface area contributed by atoms with Gasteiger partial charge in [0.15, 0.2) is 11.6 Å². The highest BCUT2D eigenvalue weighted by Gasteiger charge is 2.58. The molecule has 1 unspecified atom stereocenters. The van der Waals surface area contributed by atoms with Gasteiger partial charge in [-0.15, -0.1) is 0 Å². The number of carbonyl (C=O) groups is 1. The van der Waals surface area contributed by atoms with E-state index in [1.54, 1.807) is 0 Å². The maximum atomic E-state index is 12.8. The molecule has 3 nitrogen and oxygen atoms in total. The molecule has 0 bridgehead atoms. The second-order valence-corrected chi connectivity index (χ2v) is 3.70. The van der Waals surface area contributed by atoms with Gasteiger partial charge in [0.05, 0.1) is 0 Å². The van der Waals surface area contributed by atoms with E-state index in [0.717, 1.165) is 6.07 Å². The minimum atomic E-state index is -5.22. The molecule has 0 heterocycles. The summed E-state index contributed by atoms with van der Waals surface area (Å²) in [5, 5.41) is 8.54. The Labute approximate surface area is 98.0 Å². The second kappa shape index (κ2) is 4.52. The Hall–Kier alpha value is -1.70. The zero-order chi connectivity index (χ0) is 14.1. The lowest BCUT2D eigenvalue weighted by atomic mass is 9.91. The van der Waals surface area contributed by atoms with E-state index in [4.69, 9.17) is 10.8 Å². The van der Waals surface area contributed by atoms with E-state index in [1.165, 1.54) is 0 Å². The molecule has 0 aliphatic heterocycles. The normalized spacial score (nSPS) is 15.2. The topological polar surface area (TPSA) is 63.3 Å². The van der Waals surface area contributed by atoms with Gasteiger partial charge < -0.3 is 10.8 Å². The van der Waals surface area contributed by atoms with Crippen molar-refractivity contribution in [1.29, 1.82) is 0 Å². The number of hydrogen-bond acceptors (Lipinski definition) is 2. The van der Waals surface area contributed by atoms with Crippen molar-refractivity contribution in [1.82, 2.24) is 0 Å².